The molecule has 0 unspecified atom stereocenters. The average Bonchev–Trinajstić information content (AvgIpc) is 2.83. The third-order valence-corrected chi connectivity index (χ3v) is 6.61. The number of nitrogens with two attached hydrogens (primary N) is 1. The quantitative estimate of drug-likeness (QED) is 0.524. The summed E-state index contributed by atoms with van der Waals surface area (Å²) in [6, 6.07) is 13.0. The molecule has 1 saturated heterocycles. The number of hydrogen-bond acceptors (Lipinski definition) is 5. The smallest absolute Gasteiger partial charge is 0.253 e. The van der Waals surface area contributed by atoms with Crippen LogP contribution in [-0.4, -0.2) is 42.0 Å². The summed E-state index contributed by atoms with van der Waals surface area (Å²) in [7, 11) is 0. The van der Waals surface area contributed by atoms with Crippen molar-refractivity contribution in [2.24, 2.45) is 0 Å². The molecule has 1 aliphatic rings. The van der Waals surface area contributed by atoms with Gasteiger partial charge in [-0.25, -0.2) is 4.98 Å². The van der Waals surface area contributed by atoms with Crippen LogP contribution in [0.4, 0.5) is 5.82 Å². The lowest BCUT2D eigenvalue weighted by Crippen LogP contribution is -2.46. The molecule has 1 aliphatic heterocycles. The minimum Gasteiger partial charge on any atom is -0.482 e. The van der Waals surface area contributed by atoms with E-state index in [2.05, 4.69) is 10.3 Å². The van der Waals surface area contributed by atoms with Crippen LogP contribution in [0.5, 0.6) is 5.75 Å². The van der Waals surface area contributed by atoms with Gasteiger partial charge in [0.25, 0.3) is 5.91 Å². The molecule has 2 heterocycles. The summed E-state index contributed by atoms with van der Waals surface area (Å²) in [6.07, 6.45) is 1.26. The molecule has 8 heteroatoms. The van der Waals surface area contributed by atoms with E-state index in [1.54, 1.807) is 12.3 Å². The average molecular weight is 485 g/mol. The summed E-state index contributed by atoms with van der Waals surface area (Å²) in [5.74, 6) is 0.758. The Morgan fingerprint density at radius 1 is 1.12 bits per heavy atom. The fraction of sp³-hybridized carbons (Fsp3) is 0.280. The third kappa shape index (κ3) is 5.08. The van der Waals surface area contributed by atoms with Gasteiger partial charge in [-0.15, -0.1) is 0 Å². The van der Waals surface area contributed by atoms with E-state index in [9.17, 15) is 4.79 Å². The van der Waals surface area contributed by atoms with Gasteiger partial charge in [0, 0.05) is 54.1 Å². The van der Waals surface area contributed by atoms with E-state index < -0.39 is 6.10 Å². The second-order valence-electron chi connectivity index (χ2n) is 8.08. The van der Waals surface area contributed by atoms with E-state index in [1.165, 1.54) is 0 Å². The fourth-order valence-electron chi connectivity index (χ4n) is 3.86. The van der Waals surface area contributed by atoms with Crippen molar-refractivity contribution in [1.29, 1.82) is 0 Å². The van der Waals surface area contributed by atoms with Crippen molar-refractivity contribution in [2.75, 3.05) is 31.9 Å². The molecule has 0 saturated carbocycles. The molecule has 3 aromatic rings. The summed E-state index contributed by atoms with van der Waals surface area (Å²) < 4.78 is 6.13. The van der Waals surface area contributed by atoms with Crippen LogP contribution in [0.25, 0.3) is 11.1 Å². The molecule has 3 N–H and O–H groups in total. The highest BCUT2D eigenvalue weighted by molar-refractivity contribution is 6.36. The minimum absolute atomic E-state index is 0.0447. The molecule has 1 atom stereocenters. The lowest BCUT2D eigenvalue weighted by molar-refractivity contribution is 0.0736. The number of aromatic nitrogens is 1. The Labute approximate surface area is 203 Å². The molecule has 1 amide bonds. The summed E-state index contributed by atoms with van der Waals surface area (Å²) in [5.41, 5.74) is 10.1. The summed E-state index contributed by atoms with van der Waals surface area (Å²) in [6.45, 7) is 6.87. The van der Waals surface area contributed by atoms with Crippen molar-refractivity contribution in [3.8, 4) is 16.9 Å². The number of carbonyl (C=O) groups is 1. The molecular formula is C25H26Cl2N4O2. The Morgan fingerprint density at radius 3 is 2.52 bits per heavy atom. The normalized spacial score (nSPS) is 14.7. The first kappa shape index (κ1) is 23.4. The van der Waals surface area contributed by atoms with Gasteiger partial charge < -0.3 is 20.7 Å². The van der Waals surface area contributed by atoms with E-state index in [1.807, 2.05) is 55.1 Å². The second-order valence-corrected chi connectivity index (χ2v) is 8.86. The van der Waals surface area contributed by atoms with Gasteiger partial charge in [0.2, 0.25) is 0 Å². The maximum atomic E-state index is 12.7. The number of carbonyl (C=O) groups excluding carboxylic acids is 1. The maximum Gasteiger partial charge on any atom is 0.253 e. The maximum absolute atomic E-state index is 12.7. The summed E-state index contributed by atoms with van der Waals surface area (Å²) >= 11 is 12.9. The Bertz CT molecular complexity index is 1160. The van der Waals surface area contributed by atoms with Crippen LogP contribution >= 0.6 is 23.2 Å². The number of pyridine rings is 1. The summed E-state index contributed by atoms with van der Waals surface area (Å²) in [5, 5.41) is 4.36. The van der Waals surface area contributed by atoms with Gasteiger partial charge in [0.1, 0.15) is 6.10 Å². The molecule has 0 aliphatic carbocycles. The van der Waals surface area contributed by atoms with E-state index in [0.717, 1.165) is 42.9 Å². The van der Waals surface area contributed by atoms with Crippen molar-refractivity contribution >= 4 is 34.9 Å². The number of ether oxygens (including phenoxy) is 1. The zero-order chi connectivity index (χ0) is 23.5. The number of rotatable bonds is 5. The number of nitrogens with zero attached hydrogens (tertiary/aromatic N) is 2. The Balaban J connectivity index is 1.55. The first-order valence-corrected chi connectivity index (χ1v) is 11.6. The van der Waals surface area contributed by atoms with E-state index in [0.29, 0.717) is 26.9 Å². The fourth-order valence-corrected chi connectivity index (χ4v) is 4.54. The van der Waals surface area contributed by atoms with Gasteiger partial charge in [-0.05, 0) is 49.2 Å². The van der Waals surface area contributed by atoms with Crippen molar-refractivity contribution < 1.29 is 9.53 Å². The van der Waals surface area contributed by atoms with Crippen LogP contribution in [0.1, 0.15) is 34.5 Å². The van der Waals surface area contributed by atoms with Crippen molar-refractivity contribution in [3.05, 3.63) is 75.4 Å². The molecule has 1 aromatic heterocycles. The number of nitrogen functional groups attached to an aromatic ring is 1. The lowest BCUT2D eigenvalue weighted by atomic mass is 10.0. The van der Waals surface area contributed by atoms with Gasteiger partial charge in [-0.3, -0.25) is 4.79 Å². The van der Waals surface area contributed by atoms with Crippen LogP contribution in [0.15, 0.2) is 48.7 Å². The van der Waals surface area contributed by atoms with Gasteiger partial charge >= 0.3 is 0 Å². The molecule has 0 radical (unpaired) electrons. The highest BCUT2D eigenvalue weighted by Crippen LogP contribution is 2.37. The Kier molecular flexibility index (Phi) is 7.08. The molecule has 6 nitrogen and oxygen atoms in total. The zero-order valence-corrected chi connectivity index (χ0v) is 20.1. The molecule has 33 heavy (non-hydrogen) atoms. The van der Waals surface area contributed by atoms with E-state index >= 15 is 0 Å². The van der Waals surface area contributed by atoms with Gasteiger partial charge in [-0.2, -0.15) is 0 Å². The predicted octanol–water partition coefficient (Wildman–Crippen LogP) is 5.13. The molecule has 1 fully saturated rings. The molecule has 0 spiro atoms. The van der Waals surface area contributed by atoms with Gasteiger partial charge in [0.15, 0.2) is 11.6 Å². The van der Waals surface area contributed by atoms with Crippen molar-refractivity contribution in [3.63, 3.8) is 0 Å². The number of piperazine rings is 1. The monoisotopic (exact) mass is 484 g/mol. The largest absolute Gasteiger partial charge is 0.482 e. The van der Waals surface area contributed by atoms with E-state index in [4.69, 9.17) is 33.7 Å². The summed E-state index contributed by atoms with van der Waals surface area (Å²) in [4.78, 5) is 18.9. The first-order chi connectivity index (χ1) is 15.8. The van der Waals surface area contributed by atoms with Crippen molar-refractivity contribution in [1.82, 2.24) is 15.2 Å². The topological polar surface area (TPSA) is 80.5 Å². The van der Waals surface area contributed by atoms with Gasteiger partial charge in [0.05, 0.1) is 5.02 Å². The zero-order valence-electron chi connectivity index (χ0n) is 18.6. The van der Waals surface area contributed by atoms with Crippen LogP contribution in [0.3, 0.4) is 0 Å². The minimum atomic E-state index is -0.428. The number of anilines is 1. The van der Waals surface area contributed by atoms with Crippen LogP contribution in [-0.2, 0) is 0 Å². The van der Waals surface area contributed by atoms with Crippen molar-refractivity contribution in [2.45, 2.75) is 20.0 Å². The van der Waals surface area contributed by atoms with E-state index in [-0.39, 0.29) is 11.7 Å². The molecule has 0 bridgehead atoms. The molecule has 4 rings (SSSR count). The molecular weight excluding hydrogens is 459 g/mol. The highest BCUT2D eigenvalue weighted by Gasteiger charge is 2.20. The SMILES string of the molecule is Cc1ccc(Cl)c([C@@H](C)Oc2cc(-c3ccc(C(=O)N4CCNCC4)cc3)cnc2N)c1Cl. The van der Waals surface area contributed by atoms with Crippen LogP contribution in [0, 0.1) is 6.92 Å². The Morgan fingerprint density at radius 2 is 1.82 bits per heavy atom. The molecule has 172 valence electrons. The number of aryl methyl sites for hydroxylation is 1. The number of benzene rings is 2. The second kappa shape index (κ2) is 10.00. The Hall–Kier alpha value is -2.80. The standard InChI is InChI=1S/C25H26Cl2N4O2/c1-15-3-8-20(26)22(23(15)27)16(2)33-21-13-19(14-30-24(21)28)17-4-6-18(7-5-17)25(32)31-11-9-29-10-12-31/h3-8,13-14,16,29H,9-12H2,1-2H3,(H2,28,30)/t16-/m1/s1. The lowest BCUT2D eigenvalue weighted by Gasteiger charge is -2.27. The first-order valence-electron chi connectivity index (χ1n) is 10.8. The van der Waals surface area contributed by atoms with Gasteiger partial charge in [-0.1, -0.05) is 41.4 Å². The number of hydrogen-bond donors (Lipinski definition) is 2. The predicted molar refractivity (Wildman–Crippen MR) is 133 cm³/mol. The third-order valence-electron chi connectivity index (χ3n) is 5.78. The molecule has 2 aromatic carbocycles. The highest BCUT2D eigenvalue weighted by atomic mass is 35.5. The van der Waals surface area contributed by atoms with Crippen LogP contribution < -0.4 is 15.8 Å². The number of nitrogens with one attached hydrogen (secondary N) is 1. The number of halogens is 2. The number of amides is 1. The van der Waals surface area contributed by atoms with Crippen LogP contribution in [0.2, 0.25) is 10.0 Å².